The number of hydrogen-bond donors (Lipinski definition) is 1. The molecule has 2 aromatic carbocycles. The van der Waals surface area contributed by atoms with E-state index >= 15 is 0 Å². The zero-order valence-corrected chi connectivity index (χ0v) is 27.9. The number of halogens is 1. The summed E-state index contributed by atoms with van der Waals surface area (Å²) in [6.45, 7) is 2.80. The van der Waals surface area contributed by atoms with Crippen molar-refractivity contribution in [3.63, 3.8) is 0 Å². The number of hydrogen-bond acceptors (Lipinski definition) is 8. The Morgan fingerprint density at radius 3 is 2.47 bits per heavy atom. The number of nitrogens with one attached hydrogen (secondary N) is 1. The second-order valence-corrected chi connectivity index (χ2v) is 16.7. The van der Waals surface area contributed by atoms with Gasteiger partial charge in [0.25, 0.3) is 0 Å². The number of likely N-dealkylation sites (tertiary alicyclic amines) is 3. The summed E-state index contributed by atoms with van der Waals surface area (Å²) >= 11 is 6.08. The van der Waals surface area contributed by atoms with Crippen LogP contribution < -0.4 is 4.72 Å². The predicted molar refractivity (Wildman–Crippen MR) is 171 cm³/mol. The molecule has 1 unspecified atom stereocenters. The van der Waals surface area contributed by atoms with E-state index < -0.39 is 43.5 Å². The molecule has 3 amide bonds. The Labute approximate surface area is 269 Å². The Morgan fingerprint density at radius 2 is 1.71 bits per heavy atom. The van der Waals surface area contributed by atoms with Crippen molar-refractivity contribution in [3.05, 3.63) is 41.4 Å². The second kappa shape index (κ2) is 13.5. The van der Waals surface area contributed by atoms with Crippen LogP contribution in [0.5, 0.6) is 0 Å². The SMILES string of the molecule is CN(C(=O)CS(C)(=O)=O)C1CCN(C[C@@H]2CCCN2C(=O)CN2CCC[C@H](NS(=O)(=O)c3ccc4ccc(Cl)cc4c3)C2=O)C1. The first-order chi connectivity index (χ1) is 21.2. The molecule has 12 nitrogen and oxygen atoms in total. The molecule has 3 saturated heterocycles. The minimum atomic E-state index is -4.01. The predicted octanol–water partition coefficient (Wildman–Crippen LogP) is 1.33. The minimum absolute atomic E-state index is 0.0354. The Balaban J connectivity index is 1.16. The van der Waals surface area contributed by atoms with Gasteiger partial charge in [-0.1, -0.05) is 23.7 Å². The molecule has 3 aliphatic rings. The lowest BCUT2D eigenvalue weighted by Gasteiger charge is -2.35. The molecule has 3 aliphatic heterocycles. The molecular weight excluding hydrogens is 642 g/mol. The van der Waals surface area contributed by atoms with E-state index in [4.69, 9.17) is 11.6 Å². The smallest absolute Gasteiger partial charge is 0.242 e. The summed E-state index contributed by atoms with van der Waals surface area (Å²) in [6.07, 6.45) is 4.33. The number of fused-ring (bicyclic) bond motifs is 1. The van der Waals surface area contributed by atoms with E-state index in [-0.39, 0.29) is 29.4 Å². The molecule has 246 valence electrons. The van der Waals surface area contributed by atoms with Crippen LogP contribution in [0.2, 0.25) is 5.02 Å². The summed E-state index contributed by atoms with van der Waals surface area (Å²) in [7, 11) is -5.79. The Hall–Kier alpha value is -2.78. The van der Waals surface area contributed by atoms with E-state index in [0.717, 1.165) is 37.4 Å². The highest BCUT2D eigenvalue weighted by atomic mass is 35.5. The number of piperidine rings is 1. The standard InChI is InChI=1S/C30H40ClN5O7S2/c1-33(29(38)20-44(2,40)41)24-11-14-34(17-24)18-25-5-3-13-36(25)28(37)19-35-12-4-6-27(30(35)39)32-45(42,43)26-10-8-21-7-9-23(31)15-22(21)16-26/h7-10,15-16,24-25,27,32H,3-6,11-14,17-20H2,1-2H3/t24?,25-,27-/m0/s1. The molecule has 5 rings (SSSR count). The average Bonchev–Trinajstić information content (AvgIpc) is 3.63. The van der Waals surface area contributed by atoms with Crippen molar-refractivity contribution in [2.75, 3.05) is 58.3 Å². The molecule has 3 atom stereocenters. The summed E-state index contributed by atoms with van der Waals surface area (Å²) in [5.41, 5.74) is 0. The Kier molecular flexibility index (Phi) is 10.1. The molecule has 15 heteroatoms. The van der Waals surface area contributed by atoms with Crippen molar-refractivity contribution >= 4 is 60.0 Å². The highest BCUT2D eigenvalue weighted by Gasteiger charge is 2.38. The van der Waals surface area contributed by atoms with Crippen molar-refractivity contribution in [1.29, 1.82) is 0 Å². The van der Waals surface area contributed by atoms with E-state index in [1.54, 1.807) is 31.3 Å². The minimum Gasteiger partial charge on any atom is -0.341 e. The molecule has 0 aromatic heterocycles. The molecule has 0 aliphatic carbocycles. The van der Waals surface area contributed by atoms with Crippen molar-refractivity contribution in [2.24, 2.45) is 0 Å². The van der Waals surface area contributed by atoms with E-state index in [1.165, 1.54) is 21.9 Å². The third kappa shape index (κ3) is 8.15. The fourth-order valence-corrected chi connectivity index (χ4v) is 8.65. The highest BCUT2D eigenvalue weighted by molar-refractivity contribution is 7.91. The highest BCUT2D eigenvalue weighted by Crippen LogP contribution is 2.25. The molecule has 45 heavy (non-hydrogen) atoms. The lowest BCUT2D eigenvalue weighted by atomic mass is 10.1. The number of amides is 3. The second-order valence-electron chi connectivity index (χ2n) is 12.4. The van der Waals surface area contributed by atoms with Gasteiger partial charge in [-0.15, -0.1) is 0 Å². The van der Waals surface area contributed by atoms with Gasteiger partial charge in [-0.25, -0.2) is 16.8 Å². The number of likely N-dealkylation sites (N-methyl/N-ethyl adjacent to an activating group) is 1. The number of carbonyl (C=O) groups excluding carboxylic acids is 3. The maximum Gasteiger partial charge on any atom is 0.242 e. The van der Waals surface area contributed by atoms with E-state index in [1.807, 2.05) is 4.90 Å². The zero-order valence-electron chi connectivity index (χ0n) is 25.5. The molecule has 0 bridgehead atoms. The summed E-state index contributed by atoms with van der Waals surface area (Å²) in [5, 5.41) is 2.00. The van der Waals surface area contributed by atoms with E-state index in [9.17, 15) is 31.2 Å². The number of carbonyl (C=O) groups is 3. The molecule has 1 N–H and O–H groups in total. The maximum atomic E-state index is 13.5. The molecule has 3 fully saturated rings. The van der Waals surface area contributed by atoms with Crippen LogP contribution in [0.15, 0.2) is 41.3 Å². The fourth-order valence-electron chi connectivity index (χ4n) is 6.55. The van der Waals surface area contributed by atoms with Gasteiger partial charge < -0.3 is 14.7 Å². The van der Waals surface area contributed by atoms with Gasteiger partial charge in [-0.2, -0.15) is 4.72 Å². The third-order valence-electron chi connectivity index (χ3n) is 8.98. The molecule has 0 spiro atoms. The third-order valence-corrected chi connectivity index (χ3v) is 11.5. The van der Waals surface area contributed by atoms with E-state index in [2.05, 4.69) is 9.62 Å². The van der Waals surface area contributed by atoms with Gasteiger partial charge in [-0.05, 0) is 67.1 Å². The lowest BCUT2D eigenvalue weighted by molar-refractivity contribution is -0.143. The molecule has 3 heterocycles. The van der Waals surface area contributed by atoms with Crippen LogP contribution in [0.3, 0.4) is 0 Å². The lowest BCUT2D eigenvalue weighted by Crippen LogP contribution is -2.55. The van der Waals surface area contributed by atoms with Crippen molar-refractivity contribution in [2.45, 2.75) is 55.1 Å². The molecule has 2 aromatic rings. The van der Waals surface area contributed by atoms with Gasteiger partial charge in [0.1, 0.15) is 11.8 Å². The van der Waals surface area contributed by atoms with Crippen LogP contribution in [-0.2, 0) is 34.2 Å². The molecule has 0 saturated carbocycles. The number of sulfone groups is 1. The van der Waals surface area contributed by atoms with Crippen molar-refractivity contribution in [3.8, 4) is 0 Å². The largest absolute Gasteiger partial charge is 0.341 e. The van der Waals surface area contributed by atoms with Gasteiger partial charge in [0, 0.05) is 63.1 Å². The normalized spacial score (nSPS) is 23.2. The van der Waals surface area contributed by atoms with Crippen LogP contribution in [0.1, 0.15) is 32.1 Å². The summed E-state index contributed by atoms with van der Waals surface area (Å²) < 4.78 is 52.1. The van der Waals surface area contributed by atoms with Crippen LogP contribution in [0, 0.1) is 0 Å². The summed E-state index contributed by atoms with van der Waals surface area (Å²) in [5.74, 6) is -1.52. The van der Waals surface area contributed by atoms with E-state index in [0.29, 0.717) is 49.4 Å². The summed E-state index contributed by atoms with van der Waals surface area (Å²) in [4.78, 5) is 46.2. The van der Waals surface area contributed by atoms with Crippen LogP contribution >= 0.6 is 11.6 Å². The first-order valence-electron chi connectivity index (χ1n) is 15.2. The Bertz CT molecular complexity index is 1690. The zero-order chi connectivity index (χ0) is 32.5. The van der Waals surface area contributed by atoms with Crippen molar-refractivity contribution < 1.29 is 31.2 Å². The number of sulfonamides is 1. The topological polar surface area (TPSA) is 144 Å². The van der Waals surface area contributed by atoms with Crippen LogP contribution in [0.4, 0.5) is 0 Å². The number of rotatable bonds is 10. The quantitative estimate of drug-likeness (QED) is 0.396. The monoisotopic (exact) mass is 681 g/mol. The van der Waals surface area contributed by atoms with Gasteiger partial charge in [0.2, 0.25) is 27.7 Å². The first kappa shape index (κ1) is 33.6. The molecular formula is C30H40ClN5O7S2. The first-order valence-corrected chi connectivity index (χ1v) is 19.1. The molecule has 0 radical (unpaired) electrons. The van der Waals surface area contributed by atoms with Gasteiger partial charge >= 0.3 is 0 Å². The fraction of sp³-hybridized carbons (Fsp3) is 0.567. The average molecular weight is 682 g/mol. The van der Waals surface area contributed by atoms with Gasteiger partial charge in [0.15, 0.2) is 9.84 Å². The van der Waals surface area contributed by atoms with Crippen LogP contribution in [0.25, 0.3) is 10.8 Å². The number of nitrogens with zero attached hydrogens (tertiary/aromatic N) is 4. The van der Waals surface area contributed by atoms with Gasteiger partial charge in [-0.3, -0.25) is 19.3 Å². The van der Waals surface area contributed by atoms with Gasteiger partial charge in [0.05, 0.1) is 11.4 Å². The Morgan fingerprint density at radius 1 is 0.978 bits per heavy atom. The summed E-state index contributed by atoms with van der Waals surface area (Å²) in [6, 6.07) is 8.84. The maximum absolute atomic E-state index is 13.5. The number of benzene rings is 2. The van der Waals surface area contributed by atoms with Crippen molar-refractivity contribution in [1.82, 2.24) is 24.3 Å². The van der Waals surface area contributed by atoms with Crippen LogP contribution in [-0.4, -0.2) is 131 Å².